The molecular weight excluding hydrogens is 298 g/mol. The third-order valence-electron chi connectivity index (χ3n) is 3.68. The van der Waals surface area contributed by atoms with Crippen molar-refractivity contribution in [3.8, 4) is 5.75 Å². The van der Waals surface area contributed by atoms with E-state index >= 15 is 0 Å². The van der Waals surface area contributed by atoms with Gasteiger partial charge in [-0.3, -0.25) is 25.2 Å². The van der Waals surface area contributed by atoms with E-state index in [4.69, 9.17) is 4.74 Å². The largest absolute Gasteiger partial charge is 0.496 e. The van der Waals surface area contributed by atoms with Gasteiger partial charge in [0.1, 0.15) is 12.3 Å². The standard InChI is InChI=1S/C16H21N3O4/c1-11-5-6-12(8-13(11)23-2)9-14(20)17-18-15(21)10-19-7-3-4-16(19)22/h5-6,8H,3-4,7,9-10H2,1-2H3,(H,17,20)(H,18,21). The molecule has 1 heterocycles. The highest BCUT2D eigenvalue weighted by Crippen LogP contribution is 2.19. The van der Waals surface area contributed by atoms with Gasteiger partial charge < -0.3 is 9.64 Å². The first kappa shape index (κ1) is 16.8. The maximum Gasteiger partial charge on any atom is 0.257 e. The smallest absolute Gasteiger partial charge is 0.257 e. The molecule has 2 N–H and O–H groups in total. The molecule has 0 radical (unpaired) electrons. The van der Waals surface area contributed by atoms with E-state index in [0.29, 0.717) is 18.7 Å². The highest BCUT2D eigenvalue weighted by atomic mass is 16.5. The zero-order valence-electron chi connectivity index (χ0n) is 13.3. The topological polar surface area (TPSA) is 87.7 Å². The summed E-state index contributed by atoms with van der Waals surface area (Å²) in [5.74, 6) is -0.0581. The van der Waals surface area contributed by atoms with E-state index < -0.39 is 5.91 Å². The Morgan fingerprint density at radius 2 is 2.00 bits per heavy atom. The zero-order valence-corrected chi connectivity index (χ0v) is 13.3. The number of amides is 3. The van der Waals surface area contributed by atoms with Crippen LogP contribution in [0.5, 0.6) is 5.75 Å². The number of likely N-dealkylation sites (tertiary alicyclic amines) is 1. The fourth-order valence-corrected chi connectivity index (χ4v) is 2.43. The Labute approximate surface area is 135 Å². The lowest BCUT2D eigenvalue weighted by Gasteiger charge is -2.15. The number of hydrogen-bond donors (Lipinski definition) is 2. The molecule has 1 aromatic carbocycles. The van der Waals surface area contributed by atoms with Gasteiger partial charge in [-0.25, -0.2) is 0 Å². The molecule has 1 aliphatic rings. The van der Waals surface area contributed by atoms with Crippen LogP contribution in [-0.2, 0) is 20.8 Å². The lowest BCUT2D eigenvalue weighted by Crippen LogP contribution is -2.47. The molecule has 124 valence electrons. The van der Waals surface area contributed by atoms with E-state index in [1.165, 1.54) is 4.90 Å². The van der Waals surface area contributed by atoms with Crippen molar-refractivity contribution >= 4 is 17.7 Å². The van der Waals surface area contributed by atoms with Crippen LogP contribution in [0.25, 0.3) is 0 Å². The van der Waals surface area contributed by atoms with E-state index in [-0.39, 0.29) is 24.8 Å². The summed E-state index contributed by atoms with van der Waals surface area (Å²) in [4.78, 5) is 36.5. The summed E-state index contributed by atoms with van der Waals surface area (Å²) < 4.78 is 5.21. The van der Waals surface area contributed by atoms with Crippen molar-refractivity contribution in [3.63, 3.8) is 0 Å². The van der Waals surface area contributed by atoms with Crippen LogP contribution in [0.4, 0.5) is 0 Å². The summed E-state index contributed by atoms with van der Waals surface area (Å²) in [6, 6.07) is 5.50. The minimum absolute atomic E-state index is 0.0294. The number of methoxy groups -OCH3 is 1. The summed E-state index contributed by atoms with van der Waals surface area (Å²) in [6.45, 7) is 2.48. The molecule has 23 heavy (non-hydrogen) atoms. The highest BCUT2D eigenvalue weighted by Gasteiger charge is 2.22. The van der Waals surface area contributed by atoms with E-state index in [1.54, 1.807) is 13.2 Å². The predicted octanol–water partition coefficient (Wildman–Crippen LogP) is 0.316. The number of aryl methyl sites for hydroxylation is 1. The van der Waals surface area contributed by atoms with Crippen LogP contribution in [-0.4, -0.2) is 42.8 Å². The van der Waals surface area contributed by atoms with Gasteiger partial charge in [0.25, 0.3) is 5.91 Å². The lowest BCUT2D eigenvalue weighted by molar-refractivity contribution is -0.134. The number of nitrogens with zero attached hydrogens (tertiary/aromatic N) is 1. The van der Waals surface area contributed by atoms with Gasteiger partial charge in [0.15, 0.2) is 0 Å². The summed E-state index contributed by atoms with van der Waals surface area (Å²) in [5, 5.41) is 0. The zero-order chi connectivity index (χ0) is 16.8. The molecule has 0 bridgehead atoms. The maximum atomic E-state index is 11.9. The third kappa shape index (κ3) is 4.70. The van der Waals surface area contributed by atoms with Crippen molar-refractivity contribution in [1.29, 1.82) is 0 Å². The van der Waals surface area contributed by atoms with E-state index in [9.17, 15) is 14.4 Å². The van der Waals surface area contributed by atoms with Gasteiger partial charge >= 0.3 is 0 Å². The van der Waals surface area contributed by atoms with Gasteiger partial charge in [0, 0.05) is 13.0 Å². The monoisotopic (exact) mass is 319 g/mol. The normalized spacial score (nSPS) is 13.8. The van der Waals surface area contributed by atoms with Gasteiger partial charge in [0.05, 0.1) is 13.5 Å². The number of carbonyl (C=O) groups excluding carboxylic acids is 3. The average molecular weight is 319 g/mol. The van der Waals surface area contributed by atoms with Crippen LogP contribution in [0.15, 0.2) is 18.2 Å². The number of hydrazine groups is 1. The Morgan fingerprint density at radius 3 is 2.65 bits per heavy atom. The van der Waals surface area contributed by atoms with Crippen molar-refractivity contribution in [3.05, 3.63) is 29.3 Å². The van der Waals surface area contributed by atoms with Crippen molar-refractivity contribution < 1.29 is 19.1 Å². The number of rotatable bonds is 5. The first-order valence-electron chi connectivity index (χ1n) is 7.48. The average Bonchev–Trinajstić information content (AvgIpc) is 2.92. The molecule has 0 spiro atoms. The maximum absolute atomic E-state index is 11.9. The first-order valence-corrected chi connectivity index (χ1v) is 7.48. The van der Waals surface area contributed by atoms with Gasteiger partial charge in [0.2, 0.25) is 11.8 Å². The molecule has 1 aliphatic heterocycles. The SMILES string of the molecule is COc1cc(CC(=O)NNC(=O)CN2CCCC2=O)ccc1C. The summed E-state index contributed by atoms with van der Waals surface area (Å²) in [5.41, 5.74) is 6.45. The van der Waals surface area contributed by atoms with Crippen molar-refractivity contribution in [2.75, 3.05) is 20.2 Å². The number of nitrogens with one attached hydrogen (secondary N) is 2. The third-order valence-corrected chi connectivity index (χ3v) is 3.68. The number of hydrogen-bond acceptors (Lipinski definition) is 4. The van der Waals surface area contributed by atoms with Gasteiger partial charge in [-0.2, -0.15) is 0 Å². The highest BCUT2D eigenvalue weighted by molar-refractivity contribution is 5.87. The van der Waals surface area contributed by atoms with Crippen LogP contribution >= 0.6 is 0 Å². The molecule has 2 rings (SSSR count). The Kier molecular flexibility index (Phi) is 5.56. The minimum atomic E-state index is -0.407. The molecule has 7 nitrogen and oxygen atoms in total. The van der Waals surface area contributed by atoms with Gasteiger partial charge in [-0.15, -0.1) is 0 Å². The fourth-order valence-electron chi connectivity index (χ4n) is 2.43. The number of ether oxygens (including phenoxy) is 1. The summed E-state index contributed by atoms with van der Waals surface area (Å²) in [7, 11) is 1.58. The predicted molar refractivity (Wildman–Crippen MR) is 83.5 cm³/mol. The Hall–Kier alpha value is -2.57. The second kappa shape index (κ2) is 7.62. The quantitative estimate of drug-likeness (QED) is 0.765. The molecular formula is C16H21N3O4. The van der Waals surface area contributed by atoms with Crippen LogP contribution in [0.1, 0.15) is 24.0 Å². The van der Waals surface area contributed by atoms with Gasteiger partial charge in [-0.1, -0.05) is 12.1 Å². The lowest BCUT2D eigenvalue weighted by atomic mass is 10.1. The molecule has 1 saturated heterocycles. The second-order valence-electron chi connectivity index (χ2n) is 5.50. The minimum Gasteiger partial charge on any atom is -0.496 e. The van der Waals surface area contributed by atoms with E-state index in [0.717, 1.165) is 17.5 Å². The second-order valence-corrected chi connectivity index (χ2v) is 5.50. The van der Waals surface area contributed by atoms with Crippen molar-refractivity contribution in [1.82, 2.24) is 15.8 Å². The van der Waals surface area contributed by atoms with Crippen LogP contribution in [0.2, 0.25) is 0 Å². The first-order chi connectivity index (χ1) is 11.0. The summed E-state index contributed by atoms with van der Waals surface area (Å²) in [6.07, 6.45) is 1.38. The number of benzene rings is 1. The fraction of sp³-hybridized carbons (Fsp3) is 0.438. The van der Waals surface area contributed by atoms with Crippen molar-refractivity contribution in [2.45, 2.75) is 26.2 Å². The van der Waals surface area contributed by atoms with E-state index in [2.05, 4.69) is 10.9 Å². The molecule has 1 fully saturated rings. The molecule has 0 atom stereocenters. The van der Waals surface area contributed by atoms with Crippen LogP contribution in [0.3, 0.4) is 0 Å². The molecule has 1 aromatic rings. The Balaban J connectivity index is 1.78. The van der Waals surface area contributed by atoms with E-state index in [1.807, 2.05) is 19.1 Å². The molecule has 3 amide bonds. The molecule has 7 heteroatoms. The summed E-state index contributed by atoms with van der Waals surface area (Å²) >= 11 is 0. The van der Waals surface area contributed by atoms with Gasteiger partial charge in [-0.05, 0) is 30.5 Å². The molecule has 0 unspecified atom stereocenters. The van der Waals surface area contributed by atoms with Crippen LogP contribution < -0.4 is 15.6 Å². The molecule has 0 aromatic heterocycles. The molecule has 0 aliphatic carbocycles. The molecule has 0 saturated carbocycles. The Morgan fingerprint density at radius 1 is 1.26 bits per heavy atom. The Bertz CT molecular complexity index is 615. The number of carbonyl (C=O) groups is 3. The van der Waals surface area contributed by atoms with Crippen molar-refractivity contribution in [2.24, 2.45) is 0 Å². The van der Waals surface area contributed by atoms with Crippen LogP contribution in [0, 0.1) is 6.92 Å².